The average Bonchev–Trinajstić information content (AvgIpc) is 2.68. The highest BCUT2D eigenvalue weighted by atomic mass is 35.5. The van der Waals surface area contributed by atoms with Gasteiger partial charge in [0.05, 0.1) is 5.56 Å². The molecule has 0 atom stereocenters. The Kier molecular flexibility index (Phi) is 6.19. The van der Waals surface area contributed by atoms with Crippen molar-refractivity contribution in [1.82, 2.24) is 10.2 Å². The normalized spacial score (nSPS) is 15.5. The molecule has 0 saturated carbocycles. The van der Waals surface area contributed by atoms with Gasteiger partial charge in [-0.05, 0) is 37.5 Å². The predicted octanol–water partition coefficient (Wildman–Crippen LogP) is 3.00. The second-order valence-corrected chi connectivity index (χ2v) is 5.86. The van der Waals surface area contributed by atoms with Gasteiger partial charge in [-0.2, -0.15) is 0 Å². The van der Waals surface area contributed by atoms with Gasteiger partial charge in [0.15, 0.2) is 0 Å². The van der Waals surface area contributed by atoms with Crippen LogP contribution in [-0.2, 0) is 4.79 Å². The lowest BCUT2D eigenvalue weighted by molar-refractivity contribution is -0.130. The molecule has 0 bridgehead atoms. The minimum Gasteiger partial charge on any atom is -0.352 e. The van der Waals surface area contributed by atoms with Crippen LogP contribution in [0.5, 0.6) is 0 Å². The fourth-order valence-corrected chi connectivity index (χ4v) is 2.67. The molecule has 1 aliphatic heterocycles. The fourth-order valence-electron chi connectivity index (χ4n) is 2.52. The first-order valence-electron chi connectivity index (χ1n) is 7.59. The van der Waals surface area contributed by atoms with Gasteiger partial charge in [0, 0.05) is 31.1 Å². The minimum atomic E-state index is -0.632. The molecule has 0 spiro atoms. The topological polar surface area (TPSA) is 49.4 Å². The van der Waals surface area contributed by atoms with Gasteiger partial charge in [0.2, 0.25) is 5.91 Å². The maximum absolute atomic E-state index is 13.6. The lowest BCUT2D eigenvalue weighted by atomic mass is 10.2. The van der Waals surface area contributed by atoms with Crippen LogP contribution in [0.25, 0.3) is 0 Å². The van der Waals surface area contributed by atoms with Crippen LogP contribution in [-0.4, -0.2) is 36.3 Å². The number of carbonyl (C=O) groups excluding carboxylic acids is 2. The molecular formula is C16H20ClFN2O2. The molecule has 0 aliphatic carbocycles. The Balaban J connectivity index is 1.76. The van der Waals surface area contributed by atoms with Gasteiger partial charge in [-0.15, -0.1) is 0 Å². The van der Waals surface area contributed by atoms with Crippen molar-refractivity contribution in [3.05, 3.63) is 34.6 Å². The van der Waals surface area contributed by atoms with Crippen molar-refractivity contribution in [1.29, 1.82) is 0 Å². The summed E-state index contributed by atoms with van der Waals surface area (Å²) >= 11 is 5.65. The van der Waals surface area contributed by atoms with Crippen molar-refractivity contribution in [2.75, 3.05) is 19.6 Å². The number of amides is 2. The highest BCUT2D eigenvalue weighted by Crippen LogP contribution is 2.14. The van der Waals surface area contributed by atoms with E-state index in [1.807, 2.05) is 4.90 Å². The van der Waals surface area contributed by atoms with Crippen LogP contribution in [0.2, 0.25) is 5.02 Å². The van der Waals surface area contributed by atoms with E-state index >= 15 is 0 Å². The Morgan fingerprint density at radius 1 is 1.32 bits per heavy atom. The summed E-state index contributed by atoms with van der Waals surface area (Å²) in [4.78, 5) is 25.5. The summed E-state index contributed by atoms with van der Waals surface area (Å²) < 4.78 is 13.6. The Bertz CT molecular complexity index is 551. The first-order chi connectivity index (χ1) is 10.6. The van der Waals surface area contributed by atoms with E-state index in [0.29, 0.717) is 25.9 Å². The van der Waals surface area contributed by atoms with Crippen molar-refractivity contribution in [3.63, 3.8) is 0 Å². The number of benzene rings is 1. The molecule has 6 heteroatoms. The third-order valence-corrected chi connectivity index (χ3v) is 3.97. The van der Waals surface area contributed by atoms with Crippen LogP contribution in [0.3, 0.4) is 0 Å². The lowest BCUT2D eigenvalue weighted by Crippen LogP contribution is -2.34. The third-order valence-electron chi connectivity index (χ3n) is 3.74. The van der Waals surface area contributed by atoms with Gasteiger partial charge >= 0.3 is 0 Å². The number of nitrogens with one attached hydrogen (secondary N) is 1. The molecule has 1 aromatic carbocycles. The molecule has 0 unspecified atom stereocenters. The standard InChI is InChI=1S/C16H20ClFN2O2/c17-12-6-7-13(14(18)11-12)16(22)19-8-4-10-20-9-3-1-2-5-15(20)21/h6-7,11H,1-5,8-10H2,(H,19,22). The van der Waals surface area contributed by atoms with Crippen LogP contribution < -0.4 is 5.32 Å². The van der Waals surface area contributed by atoms with Gasteiger partial charge in [-0.25, -0.2) is 4.39 Å². The molecule has 2 amide bonds. The molecule has 1 saturated heterocycles. The summed E-state index contributed by atoms with van der Waals surface area (Å²) in [6, 6.07) is 3.97. The van der Waals surface area contributed by atoms with Crippen molar-refractivity contribution in [2.24, 2.45) is 0 Å². The van der Waals surface area contributed by atoms with Crippen molar-refractivity contribution in [2.45, 2.75) is 32.1 Å². The van der Waals surface area contributed by atoms with E-state index in [-0.39, 0.29) is 16.5 Å². The number of halogens is 2. The van der Waals surface area contributed by atoms with Crippen LogP contribution in [0, 0.1) is 5.82 Å². The number of carbonyl (C=O) groups is 2. The summed E-state index contributed by atoms with van der Waals surface area (Å²) in [5.74, 6) is -0.906. The van der Waals surface area contributed by atoms with Gasteiger partial charge in [-0.3, -0.25) is 9.59 Å². The van der Waals surface area contributed by atoms with Gasteiger partial charge in [0.1, 0.15) is 5.82 Å². The first-order valence-corrected chi connectivity index (χ1v) is 7.97. The van der Waals surface area contributed by atoms with Gasteiger partial charge in [0.25, 0.3) is 5.91 Å². The van der Waals surface area contributed by atoms with E-state index < -0.39 is 11.7 Å². The highest BCUT2D eigenvalue weighted by molar-refractivity contribution is 6.30. The molecule has 0 aromatic heterocycles. The summed E-state index contributed by atoms with van der Waals surface area (Å²) in [6.07, 6.45) is 4.36. The number of nitrogens with zero attached hydrogens (tertiary/aromatic N) is 1. The maximum Gasteiger partial charge on any atom is 0.254 e. The monoisotopic (exact) mass is 326 g/mol. The molecule has 1 fully saturated rings. The Labute approximate surface area is 134 Å². The van der Waals surface area contributed by atoms with Gasteiger partial charge in [-0.1, -0.05) is 18.0 Å². The summed E-state index contributed by atoms with van der Waals surface area (Å²) in [6.45, 7) is 1.82. The molecule has 120 valence electrons. The Hall–Kier alpha value is -1.62. The summed E-state index contributed by atoms with van der Waals surface area (Å²) in [7, 11) is 0. The predicted molar refractivity (Wildman–Crippen MR) is 83.4 cm³/mol. The maximum atomic E-state index is 13.6. The summed E-state index contributed by atoms with van der Waals surface area (Å²) in [5.41, 5.74) is -0.0183. The lowest BCUT2D eigenvalue weighted by Gasteiger charge is -2.20. The Morgan fingerprint density at radius 2 is 2.14 bits per heavy atom. The molecule has 2 rings (SSSR count). The zero-order valence-electron chi connectivity index (χ0n) is 12.4. The molecule has 1 aromatic rings. The summed E-state index contributed by atoms with van der Waals surface area (Å²) in [5, 5.41) is 2.93. The number of hydrogen-bond acceptors (Lipinski definition) is 2. The molecule has 4 nitrogen and oxygen atoms in total. The van der Waals surface area contributed by atoms with Crippen molar-refractivity contribution >= 4 is 23.4 Å². The van der Waals surface area contributed by atoms with E-state index in [1.54, 1.807) is 0 Å². The average molecular weight is 327 g/mol. The molecular weight excluding hydrogens is 307 g/mol. The van der Waals surface area contributed by atoms with E-state index in [1.165, 1.54) is 12.1 Å². The number of rotatable bonds is 5. The molecule has 22 heavy (non-hydrogen) atoms. The SMILES string of the molecule is O=C(NCCCN1CCCCCC1=O)c1ccc(Cl)cc1F. The third kappa shape index (κ3) is 4.70. The van der Waals surface area contributed by atoms with E-state index in [9.17, 15) is 14.0 Å². The van der Waals surface area contributed by atoms with Crippen LogP contribution >= 0.6 is 11.6 Å². The minimum absolute atomic E-state index is 0.0183. The van der Waals surface area contributed by atoms with Crippen LogP contribution in [0.4, 0.5) is 4.39 Å². The molecule has 0 radical (unpaired) electrons. The highest BCUT2D eigenvalue weighted by Gasteiger charge is 2.16. The number of hydrogen-bond donors (Lipinski definition) is 1. The Morgan fingerprint density at radius 3 is 2.91 bits per heavy atom. The molecule has 1 heterocycles. The zero-order chi connectivity index (χ0) is 15.9. The smallest absolute Gasteiger partial charge is 0.254 e. The molecule has 1 aliphatic rings. The van der Waals surface area contributed by atoms with E-state index in [4.69, 9.17) is 11.6 Å². The second-order valence-electron chi connectivity index (χ2n) is 5.43. The van der Waals surface area contributed by atoms with E-state index in [0.717, 1.165) is 31.9 Å². The van der Waals surface area contributed by atoms with Crippen LogP contribution in [0.1, 0.15) is 42.5 Å². The largest absolute Gasteiger partial charge is 0.352 e. The quantitative estimate of drug-likeness (QED) is 0.846. The van der Waals surface area contributed by atoms with E-state index in [2.05, 4.69) is 5.32 Å². The van der Waals surface area contributed by atoms with Crippen molar-refractivity contribution in [3.8, 4) is 0 Å². The van der Waals surface area contributed by atoms with Gasteiger partial charge < -0.3 is 10.2 Å². The second kappa shape index (κ2) is 8.13. The zero-order valence-corrected chi connectivity index (χ0v) is 13.2. The first kappa shape index (κ1) is 16.7. The van der Waals surface area contributed by atoms with Crippen molar-refractivity contribution < 1.29 is 14.0 Å². The number of likely N-dealkylation sites (tertiary alicyclic amines) is 1. The van der Waals surface area contributed by atoms with Crippen LogP contribution in [0.15, 0.2) is 18.2 Å². The fraction of sp³-hybridized carbons (Fsp3) is 0.500. The molecule has 1 N–H and O–H groups in total.